The Hall–Kier alpha value is -1.06. The van der Waals surface area contributed by atoms with E-state index in [1.807, 2.05) is 0 Å². The Morgan fingerprint density at radius 1 is 0.933 bits per heavy atom. The van der Waals surface area contributed by atoms with Crippen molar-refractivity contribution >= 4 is 0 Å². The number of benzene rings is 1. The summed E-state index contributed by atoms with van der Waals surface area (Å²) in [5.41, 5.74) is -0.464. The Morgan fingerprint density at radius 3 is 2.07 bits per heavy atom. The van der Waals surface area contributed by atoms with E-state index in [1.165, 1.54) is 6.07 Å². The smallest absolute Gasteiger partial charge is 0.201 e. The van der Waals surface area contributed by atoms with Crippen LogP contribution in [0.5, 0.6) is 0 Å². The van der Waals surface area contributed by atoms with Crippen LogP contribution in [0, 0.1) is 6.92 Å². The number of hydrogen-bond acceptors (Lipinski definition) is 0. The minimum Gasteiger partial charge on any atom is -0.201 e. The van der Waals surface area contributed by atoms with E-state index in [2.05, 4.69) is 0 Å². The Morgan fingerprint density at radius 2 is 1.47 bits per heavy atom. The summed E-state index contributed by atoms with van der Waals surface area (Å²) in [4.78, 5) is 0. The third kappa shape index (κ3) is 1.62. The van der Waals surface area contributed by atoms with Crippen molar-refractivity contribution in [1.82, 2.24) is 0 Å². The molecule has 0 radical (unpaired) electrons. The third-order valence-electron chi connectivity index (χ3n) is 2.72. The summed E-state index contributed by atoms with van der Waals surface area (Å²) in [6, 6.07) is 3.70. The highest BCUT2D eigenvalue weighted by atomic mass is 19.3. The fourth-order valence-electron chi connectivity index (χ4n) is 1.86. The maximum Gasteiger partial charge on any atom is 0.273 e. The fourth-order valence-corrected chi connectivity index (χ4v) is 1.86. The van der Waals surface area contributed by atoms with E-state index < -0.39 is 35.8 Å². The van der Waals surface area contributed by atoms with E-state index in [0.717, 1.165) is 12.1 Å². The molecular weight excluding hydrogens is 208 g/mol. The zero-order valence-electron chi connectivity index (χ0n) is 8.16. The van der Waals surface area contributed by atoms with Crippen molar-refractivity contribution in [2.24, 2.45) is 0 Å². The van der Waals surface area contributed by atoms with Gasteiger partial charge in [-0.3, -0.25) is 0 Å². The number of alkyl halides is 4. The number of halogens is 4. The van der Waals surface area contributed by atoms with Gasteiger partial charge in [-0.15, -0.1) is 0 Å². The highest BCUT2D eigenvalue weighted by Gasteiger charge is 2.48. The monoisotopic (exact) mass is 218 g/mol. The minimum absolute atomic E-state index is 0.515. The average molecular weight is 218 g/mol. The van der Waals surface area contributed by atoms with Gasteiger partial charge < -0.3 is 0 Å². The van der Waals surface area contributed by atoms with Crippen molar-refractivity contribution in [3.05, 3.63) is 34.9 Å². The molecule has 0 saturated heterocycles. The van der Waals surface area contributed by atoms with Crippen molar-refractivity contribution in [2.45, 2.75) is 31.6 Å². The lowest BCUT2D eigenvalue weighted by Gasteiger charge is -2.31. The zero-order chi connectivity index (χ0) is 11.3. The molecule has 15 heavy (non-hydrogen) atoms. The highest BCUT2D eigenvalue weighted by Crippen LogP contribution is 2.49. The van der Waals surface area contributed by atoms with Gasteiger partial charge in [-0.2, -0.15) is 0 Å². The van der Waals surface area contributed by atoms with Crippen molar-refractivity contribution < 1.29 is 17.6 Å². The quantitative estimate of drug-likeness (QED) is 0.578. The summed E-state index contributed by atoms with van der Waals surface area (Å²) in [6.07, 6.45) is -1.56. The predicted molar refractivity (Wildman–Crippen MR) is 48.2 cm³/mol. The van der Waals surface area contributed by atoms with Gasteiger partial charge in [-0.25, -0.2) is 17.6 Å². The molecule has 1 aliphatic rings. The maximum atomic E-state index is 13.4. The summed E-state index contributed by atoms with van der Waals surface area (Å²) in [7, 11) is 0. The van der Waals surface area contributed by atoms with Crippen LogP contribution in [0.4, 0.5) is 17.6 Å². The van der Waals surface area contributed by atoms with E-state index in [1.54, 1.807) is 6.92 Å². The molecule has 0 nitrogen and oxygen atoms in total. The van der Waals surface area contributed by atoms with Crippen LogP contribution in [0.15, 0.2) is 18.2 Å². The van der Waals surface area contributed by atoms with E-state index in [9.17, 15) is 17.6 Å². The Balaban J connectivity index is 2.64. The second-order valence-electron chi connectivity index (χ2n) is 3.96. The standard InChI is InChI=1S/C11H10F4/c1-7-2-3-8-9(6-7)11(14,15)5-4-10(8,12)13/h2-3,6H,4-5H2,1H3. The largest absolute Gasteiger partial charge is 0.273 e. The van der Waals surface area contributed by atoms with Gasteiger partial charge in [0.15, 0.2) is 0 Å². The molecule has 2 rings (SSSR count). The molecule has 0 aliphatic heterocycles. The lowest BCUT2D eigenvalue weighted by Crippen LogP contribution is -2.30. The van der Waals surface area contributed by atoms with E-state index >= 15 is 0 Å². The van der Waals surface area contributed by atoms with Crippen molar-refractivity contribution in [3.63, 3.8) is 0 Å². The molecule has 0 saturated carbocycles. The Kier molecular flexibility index (Phi) is 2.07. The maximum absolute atomic E-state index is 13.4. The van der Waals surface area contributed by atoms with E-state index in [4.69, 9.17) is 0 Å². The van der Waals surface area contributed by atoms with Crippen LogP contribution in [0.1, 0.15) is 29.5 Å². The summed E-state index contributed by atoms with van der Waals surface area (Å²) >= 11 is 0. The fraction of sp³-hybridized carbons (Fsp3) is 0.455. The van der Waals surface area contributed by atoms with Gasteiger partial charge in [0, 0.05) is 24.0 Å². The zero-order valence-corrected chi connectivity index (χ0v) is 8.16. The molecule has 0 heterocycles. The van der Waals surface area contributed by atoms with Crippen LogP contribution in [0.2, 0.25) is 0 Å². The van der Waals surface area contributed by atoms with Crippen molar-refractivity contribution in [3.8, 4) is 0 Å². The summed E-state index contributed by atoms with van der Waals surface area (Å²) < 4.78 is 53.5. The van der Waals surface area contributed by atoms with Crippen LogP contribution in [-0.2, 0) is 11.8 Å². The summed E-state index contributed by atoms with van der Waals surface area (Å²) in [6.45, 7) is 1.61. The summed E-state index contributed by atoms with van der Waals surface area (Å²) in [5, 5.41) is 0. The molecule has 0 atom stereocenters. The first-order valence-electron chi connectivity index (χ1n) is 4.70. The molecule has 0 aromatic heterocycles. The van der Waals surface area contributed by atoms with Crippen LogP contribution < -0.4 is 0 Å². The number of aryl methyl sites for hydroxylation is 1. The molecule has 0 unspecified atom stereocenters. The van der Waals surface area contributed by atoms with Crippen molar-refractivity contribution in [1.29, 1.82) is 0 Å². The Labute approximate surface area is 84.9 Å². The molecule has 82 valence electrons. The van der Waals surface area contributed by atoms with Crippen LogP contribution in [0.3, 0.4) is 0 Å². The Bertz CT molecular complexity index is 396. The van der Waals surface area contributed by atoms with Gasteiger partial charge in [0.2, 0.25) is 0 Å². The van der Waals surface area contributed by atoms with Gasteiger partial charge in [-0.05, 0) is 13.0 Å². The van der Waals surface area contributed by atoms with Crippen LogP contribution in [-0.4, -0.2) is 0 Å². The van der Waals surface area contributed by atoms with Gasteiger partial charge in [-0.1, -0.05) is 17.7 Å². The lowest BCUT2D eigenvalue weighted by atomic mass is 9.85. The number of fused-ring (bicyclic) bond motifs is 1. The van der Waals surface area contributed by atoms with Gasteiger partial charge in [0.05, 0.1) is 0 Å². The highest BCUT2D eigenvalue weighted by molar-refractivity contribution is 5.39. The first-order valence-corrected chi connectivity index (χ1v) is 4.70. The minimum atomic E-state index is -3.12. The molecule has 0 amide bonds. The molecule has 0 N–H and O–H groups in total. The second-order valence-corrected chi connectivity index (χ2v) is 3.96. The third-order valence-corrected chi connectivity index (χ3v) is 2.72. The molecule has 0 spiro atoms. The molecule has 0 bridgehead atoms. The molecule has 4 heteroatoms. The van der Waals surface area contributed by atoms with Crippen molar-refractivity contribution in [2.75, 3.05) is 0 Å². The average Bonchev–Trinajstić information content (AvgIpc) is 2.13. The first-order chi connectivity index (χ1) is 6.83. The molecular formula is C11H10F4. The predicted octanol–water partition coefficient (Wildman–Crippen LogP) is 3.97. The molecule has 1 aromatic carbocycles. The van der Waals surface area contributed by atoms with Gasteiger partial charge in [0.25, 0.3) is 11.8 Å². The molecule has 0 fully saturated rings. The van der Waals surface area contributed by atoms with Crippen LogP contribution in [0.25, 0.3) is 0 Å². The second kappa shape index (κ2) is 2.97. The van der Waals surface area contributed by atoms with Crippen LogP contribution >= 0.6 is 0 Å². The molecule has 1 aliphatic carbocycles. The van der Waals surface area contributed by atoms with Gasteiger partial charge >= 0.3 is 0 Å². The van der Waals surface area contributed by atoms with E-state index in [-0.39, 0.29) is 0 Å². The molecule has 1 aromatic rings. The lowest BCUT2D eigenvalue weighted by molar-refractivity contribution is -0.0957. The van der Waals surface area contributed by atoms with E-state index in [0.29, 0.717) is 5.56 Å². The normalized spacial score (nSPS) is 22.2. The number of hydrogen-bond donors (Lipinski definition) is 0. The van der Waals surface area contributed by atoms with Gasteiger partial charge in [0.1, 0.15) is 0 Å². The first kappa shape index (κ1) is 10.5. The topological polar surface area (TPSA) is 0 Å². The SMILES string of the molecule is Cc1ccc2c(c1)C(F)(F)CCC2(F)F. The number of rotatable bonds is 0. The summed E-state index contributed by atoms with van der Waals surface area (Å²) in [5.74, 6) is -6.24.